The number of hydrogen-bond acceptors (Lipinski definition) is 5. The number of alkyl carbamates (subject to hydrolysis) is 1. The van der Waals surface area contributed by atoms with Crippen molar-refractivity contribution in [2.24, 2.45) is 5.92 Å². The van der Waals surface area contributed by atoms with Crippen LogP contribution in [0.1, 0.15) is 36.3 Å². The monoisotopic (exact) mass is 476 g/mol. The molecule has 3 aliphatic rings. The summed E-state index contributed by atoms with van der Waals surface area (Å²) < 4.78 is 5.59. The van der Waals surface area contributed by atoms with Crippen LogP contribution in [-0.4, -0.2) is 64.4 Å². The molecule has 5 rings (SSSR count). The van der Waals surface area contributed by atoms with E-state index >= 15 is 0 Å². The van der Waals surface area contributed by atoms with Gasteiger partial charge in [-0.1, -0.05) is 60.7 Å². The van der Waals surface area contributed by atoms with Crippen molar-refractivity contribution in [3.8, 4) is 11.1 Å². The molecule has 3 unspecified atom stereocenters. The van der Waals surface area contributed by atoms with Gasteiger partial charge < -0.3 is 25.2 Å². The minimum atomic E-state index is -1.91. The first-order chi connectivity index (χ1) is 16.9. The number of fused-ring (bicyclic) bond motifs is 3. The lowest BCUT2D eigenvalue weighted by molar-refractivity contribution is -0.167. The zero-order valence-electron chi connectivity index (χ0n) is 19.2. The fraction of sp³-hybridized carbons (Fsp3) is 0.370. The van der Waals surface area contributed by atoms with E-state index in [4.69, 9.17) is 4.74 Å². The number of nitrogens with zero attached hydrogens (tertiary/aromatic N) is 1. The molecule has 8 nitrogen and oxygen atoms in total. The molecule has 182 valence electrons. The summed E-state index contributed by atoms with van der Waals surface area (Å²) in [6.45, 7) is 0.388. The van der Waals surface area contributed by atoms with Crippen molar-refractivity contribution in [3.63, 3.8) is 0 Å². The van der Waals surface area contributed by atoms with E-state index in [0.29, 0.717) is 19.4 Å². The molecule has 1 saturated heterocycles. The van der Waals surface area contributed by atoms with Gasteiger partial charge in [-0.3, -0.25) is 4.79 Å². The molecule has 35 heavy (non-hydrogen) atoms. The van der Waals surface area contributed by atoms with Crippen LogP contribution in [0.2, 0.25) is 0 Å². The number of β-amino-alcohol motifs (C(OH)–C–C–N with tert-alkyl or cyclic N) is 1. The topological polar surface area (TPSA) is 116 Å². The van der Waals surface area contributed by atoms with Crippen molar-refractivity contribution < 1.29 is 29.3 Å². The Morgan fingerprint density at radius 2 is 1.69 bits per heavy atom. The Hall–Kier alpha value is -3.65. The second-order valence-corrected chi connectivity index (χ2v) is 9.50. The highest BCUT2D eigenvalue weighted by molar-refractivity contribution is 5.84. The van der Waals surface area contributed by atoms with Gasteiger partial charge in [0.2, 0.25) is 5.91 Å². The zero-order valence-corrected chi connectivity index (χ0v) is 19.2. The Morgan fingerprint density at radius 1 is 1.03 bits per heavy atom. The summed E-state index contributed by atoms with van der Waals surface area (Å²) in [7, 11) is 0. The number of carbonyl (C=O) groups is 3. The van der Waals surface area contributed by atoms with Gasteiger partial charge in [0.05, 0.1) is 18.5 Å². The summed E-state index contributed by atoms with van der Waals surface area (Å²) in [5.41, 5.74) is 2.68. The van der Waals surface area contributed by atoms with Crippen LogP contribution in [0.5, 0.6) is 0 Å². The molecular formula is C27H28N2O6. The van der Waals surface area contributed by atoms with Gasteiger partial charge in [0.15, 0.2) is 5.60 Å². The minimum absolute atomic E-state index is 0.0336. The van der Waals surface area contributed by atoms with E-state index in [1.807, 2.05) is 24.3 Å². The molecule has 2 amide bonds. The molecule has 3 N–H and O–H groups in total. The van der Waals surface area contributed by atoms with E-state index in [0.717, 1.165) is 22.3 Å². The summed E-state index contributed by atoms with van der Waals surface area (Å²) in [5, 5.41) is 22.4. The molecule has 0 bridgehead atoms. The van der Waals surface area contributed by atoms with Gasteiger partial charge in [-0.25, -0.2) is 9.59 Å². The molecule has 1 heterocycles. The lowest BCUT2D eigenvalue weighted by Gasteiger charge is -2.37. The number of rotatable bonds is 5. The van der Waals surface area contributed by atoms with Gasteiger partial charge in [0.1, 0.15) is 6.61 Å². The van der Waals surface area contributed by atoms with E-state index in [1.54, 1.807) is 12.2 Å². The number of benzene rings is 2. The highest BCUT2D eigenvalue weighted by Crippen LogP contribution is 2.44. The van der Waals surface area contributed by atoms with Crippen LogP contribution in [0.25, 0.3) is 11.1 Å². The number of aliphatic carboxylic acids is 1. The maximum absolute atomic E-state index is 12.9. The van der Waals surface area contributed by atoms with E-state index in [1.165, 1.54) is 4.90 Å². The van der Waals surface area contributed by atoms with Crippen LogP contribution in [-0.2, 0) is 14.3 Å². The first kappa shape index (κ1) is 23.1. The fourth-order valence-corrected chi connectivity index (χ4v) is 5.41. The number of carbonyl (C=O) groups excluding carboxylic acids is 2. The van der Waals surface area contributed by atoms with Crippen LogP contribution in [0.3, 0.4) is 0 Å². The number of piperidine rings is 1. The Kier molecular flexibility index (Phi) is 6.06. The van der Waals surface area contributed by atoms with E-state index < -0.39 is 23.6 Å². The maximum Gasteiger partial charge on any atom is 0.407 e. The quantitative estimate of drug-likeness (QED) is 0.572. The van der Waals surface area contributed by atoms with Gasteiger partial charge in [-0.2, -0.15) is 0 Å². The second kappa shape index (κ2) is 9.19. The lowest BCUT2D eigenvalue weighted by atomic mass is 9.92. The third kappa shape index (κ3) is 4.41. The average molecular weight is 477 g/mol. The van der Waals surface area contributed by atoms with Gasteiger partial charge in [0.25, 0.3) is 0 Å². The van der Waals surface area contributed by atoms with E-state index in [9.17, 15) is 24.6 Å². The lowest BCUT2D eigenvalue weighted by Crippen LogP contribution is -2.55. The van der Waals surface area contributed by atoms with E-state index in [2.05, 4.69) is 29.6 Å². The van der Waals surface area contributed by atoms with Crippen LogP contribution >= 0.6 is 0 Å². The van der Waals surface area contributed by atoms with Crippen molar-refractivity contribution in [1.82, 2.24) is 10.2 Å². The molecule has 0 saturated carbocycles. The first-order valence-corrected chi connectivity index (χ1v) is 11.9. The Bertz CT molecular complexity index is 1150. The highest BCUT2D eigenvalue weighted by Gasteiger charge is 2.43. The zero-order chi connectivity index (χ0) is 24.6. The van der Waals surface area contributed by atoms with Crippen LogP contribution in [0.4, 0.5) is 4.79 Å². The Morgan fingerprint density at radius 3 is 2.34 bits per heavy atom. The largest absolute Gasteiger partial charge is 0.479 e. The molecular weight excluding hydrogens is 448 g/mol. The number of likely N-dealkylation sites (tertiary alicyclic amines) is 1. The predicted octanol–water partition coefficient (Wildman–Crippen LogP) is 2.91. The number of carboxylic acid groups (broad SMARTS) is 1. The summed E-state index contributed by atoms with van der Waals surface area (Å²) in [4.78, 5) is 38.2. The fourth-order valence-electron chi connectivity index (χ4n) is 5.41. The number of ether oxygens (including phenoxy) is 1. The molecule has 2 aromatic carbocycles. The number of aliphatic hydroxyl groups is 1. The Balaban J connectivity index is 1.15. The van der Waals surface area contributed by atoms with Crippen molar-refractivity contribution in [2.75, 3.05) is 19.7 Å². The first-order valence-electron chi connectivity index (χ1n) is 11.9. The molecule has 2 aromatic rings. The Labute approximate surface area is 203 Å². The van der Waals surface area contributed by atoms with E-state index in [-0.39, 0.29) is 37.4 Å². The molecule has 1 fully saturated rings. The highest BCUT2D eigenvalue weighted by atomic mass is 16.5. The standard InChI is InChI=1S/C27H28N2O6/c30-24(29-13-5-12-27(34,16-29)25(31)32)17-10-11-18(14-17)28-26(33)35-15-23-21-8-3-1-6-19(21)20-7-2-4-9-22(20)23/h1-4,6-11,17-18,23,34H,5,12-16H2,(H,28,33)(H,31,32). The van der Waals surface area contributed by atoms with Gasteiger partial charge in [-0.05, 0) is 41.5 Å². The SMILES string of the molecule is O=C(NC1C=CC(C(=O)N2CCCC(O)(C(=O)O)C2)C1)OCC1c2ccccc2-c2ccccc21. The molecule has 2 aliphatic carbocycles. The van der Waals surface area contributed by atoms with Gasteiger partial charge >= 0.3 is 12.1 Å². The smallest absolute Gasteiger partial charge is 0.407 e. The second-order valence-electron chi connectivity index (χ2n) is 9.50. The summed E-state index contributed by atoms with van der Waals surface area (Å²) in [6.07, 6.45) is 3.85. The molecule has 0 aromatic heterocycles. The maximum atomic E-state index is 12.9. The minimum Gasteiger partial charge on any atom is -0.479 e. The normalized spacial score (nSPS) is 25.1. The summed E-state index contributed by atoms with van der Waals surface area (Å²) in [5.74, 6) is -2.07. The molecule has 8 heteroatoms. The van der Waals surface area contributed by atoms with Crippen LogP contribution in [0.15, 0.2) is 60.7 Å². The van der Waals surface area contributed by atoms with Crippen LogP contribution in [0, 0.1) is 5.92 Å². The van der Waals surface area contributed by atoms with Crippen molar-refractivity contribution in [3.05, 3.63) is 71.8 Å². The number of amides is 2. The average Bonchev–Trinajstić information content (AvgIpc) is 3.45. The third-order valence-electron chi connectivity index (χ3n) is 7.23. The molecule has 1 aliphatic heterocycles. The molecule has 3 atom stereocenters. The van der Waals surface area contributed by atoms with Crippen LogP contribution < -0.4 is 5.32 Å². The summed E-state index contributed by atoms with van der Waals surface area (Å²) in [6, 6.07) is 15.9. The number of hydrogen-bond donors (Lipinski definition) is 3. The predicted molar refractivity (Wildman–Crippen MR) is 128 cm³/mol. The molecule has 0 radical (unpaired) electrons. The number of carboxylic acids is 1. The molecule has 0 spiro atoms. The van der Waals surface area contributed by atoms with Crippen molar-refractivity contribution in [2.45, 2.75) is 36.8 Å². The van der Waals surface area contributed by atoms with Gasteiger partial charge in [-0.15, -0.1) is 0 Å². The number of nitrogens with one attached hydrogen (secondary N) is 1. The third-order valence-corrected chi connectivity index (χ3v) is 7.23. The summed E-state index contributed by atoms with van der Waals surface area (Å²) >= 11 is 0. The van der Waals surface area contributed by atoms with Gasteiger partial charge in [0, 0.05) is 12.5 Å². The van der Waals surface area contributed by atoms with Crippen molar-refractivity contribution >= 4 is 18.0 Å². The van der Waals surface area contributed by atoms with Crippen molar-refractivity contribution in [1.29, 1.82) is 0 Å².